The highest BCUT2D eigenvalue weighted by molar-refractivity contribution is 6.05. The van der Waals surface area contributed by atoms with Gasteiger partial charge in [0.05, 0.1) is 33.8 Å². The van der Waals surface area contributed by atoms with Gasteiger partial charge < -0.3 is 9.97 Å². The minimum atomic E-state index is -2.60. The Kier molecular flexibility index (Phi) is 9.60. The molecule has 0 aliphatic carbocycles. The van der Waals surface area contributed by atoms with Crippen molar-refractivity contribution >= 4 is 46.1 Å². The van der Waals surface area contributed by atoms with Crippen LogP contribution in [0.3, 0.4) is 0 Å². The summed E-state index contributed by atoms with van der Waals surface area (Å²) in [4.78, 5) is 13.7. The summed E-state index contributed by atoms with van der Waals surface area (Å²) in [7, 11) is 0. The second kappa shape index (κ2) is 14.8. The maximum absolute atomic E-state index is 15.8. The lowest BCUT2D eigenvalue weighted by atomic mass is 9.98. The van der Waals surface area contributed by atoms with Crippen LogP contribution in [0.5, 0.6) is 0 Å². The second-order valence-electron chi connectivity index (χ2n) is 13.7. The molecule has 9 rings (SSSR count). The van der Waals surface area contributed by atoms with Crippen molar-refractivity contribution in [3.8, 4) is 44.5 Å². The van der Waals surface area contributed by atoms with Gasteiger partial charge in [-0.3, -0.25) is 4.99 Å². The maximum Gasteiger partial charge on any atom is 0.200 e. The molecule has 2 aliphatic rings. The monoisotopic (exact) mass is 884 g/mol. The number of hydrogen-bond acceptors (Lipinski definition) is 2. The smallest absolute Gasteiger partial charge is 0.200 e. The Balaban J connectivity index is 1.56. The molecule has 0 saturated carbocycles. The first kappa shape index (κ1) is 40.8. The number of H-pyrrole nitrogens is 2. The number of benzene rings is 4. The van der Waals surface area contributed by atoms with Crippen molar-refractivity contribution in [2.45, 2.75) is 0 Å². The summed E-state index contributed by atoms with van der Waals surface area (Å²) in [5.74, 6) is -36.5. The Labute approximate surface area is 341 Å². The number of aliphatic imine (C=N–C) groups is 1. The number of aromatic amines is 2. The number of rotatable bonds is 4. The summed E-state index contributed by atoms with van der Waals surface area (Å²) in [6, 6.07) is 12.6. The van der Waals surface area contributed by atoms with E-state index in [1.165, 1.54) is 24.3 Å². The number of nitrogens with one attached hydrogen (secondary N) is 2. The molecule has 8 bridgehead atoms. The van der Waals surface area contributed by atoms with Crippen LogP contribution in [0, 0.1) is 87.3 Å². The van der Waals surface area contributed by atoms with Crippen molar-refractivity contribution in [3.63, 3.8) is 0 Å². The third-order valence-electron chi connectivity index (χ3n) is 10.2. The Morgan fingerprint density at radius 2 is 0.683 bits per heavy atom. The molecule has 4 aromatic carbocycles. The molecule has 0 saturated heterocycles. The first-order valence-corrected chi connectivity index (χ1v) is 17.8. The first-order chi connectivity index (χ1) is 30.0. The summed E-state index contributed by atoms with van der Waals surface area (Å²) in [5, 5.41) is 0. The van der Waals surface area contributed by atoms with Crippen LogP contribution >= 0.6 is 0 Å². The van der Waals surface area contributed by atoms with Crippen LogP contribution in [0.25, 0.3) is 78.7 Å². The zero-order chi connectivity index (χ0) is 44.9. The zero-order valence-corrected chi connectivity index (χ0v) is 30.6. The van der Waals surface area contributed by atoms with Gasteiger partial charge in [0.2, 0.25) is 17.5 Å². The predicted molar refractivity (Wildman–Crippen MR) is 201 cm³/mol. The normalized spacial score (nSPS) is 12.2. The van der Waals surface area contributed by atoms with E-state index in [2.05, 4.69) is 19.9 Å². The lowest BCUT2D eigenvalue weighted by Crippen LogP contribution is -2.05. The summed E-state index contributed by atoms with van der Waals surface area (Å²) < 4.78 is 227. The number of nitrogens with zero attached hydrogens (tertiary/aromatic N) is 2. The third-order valence-corrected chi connectivity index (χ3v) is 10.2. The molecule has 3 aromatic heterocycles. The molecule has 19 heteroatoms. The largest absolute Gasteiger partial charge is 0.354 e. The lowest BCUT2D eigenvalue weighted by Gasteiger charge is -2.11. The van der Waals surface area contributed by atoms with E-state index in [0.29, 0.717) is 11.8 Å². The zero-order valence-electron chi connectivity index (χ0n) is 30.6. The van der Waals surface area contributed by atoms with Crippen LogP contribution < -0.4 is 0 Å². The van der Waals surface area contributed by atoms with Gasteiger partial charge in [-0.15, -0.1) is 0 Å². The highest BCUT2D eigenvalue weighted by Gasteiger charge is 2.33. The van der Waals surface area contributed by atoms with Crippen molar-refractivity contribution in [2.75, 3.05) is 0 Å². The number of aromatic nitrogens is 3. The summed E-state index contributed by atoms with van der Waals surface area (Å²) in [5.41, 5.74) is -11.1. The first-order valence-electron chi connectivity index (χ1n) is 17.8. The van der Waals surface area contributed by atoms with Gasteiger partial charge in [-0.05, 0) is 48.0 Å². The van der Waals surface area contributed by atoms with Gasteiger partial charge in [0.25, 0.3) is 0 Å². The van der Waals surface area contributed by atoms with E-state index in [4.69, 9.17) is 0 Å². The van der Waals surface area contributed by atoms with Crippen LogP contribution in [0.4, 0.5) is 71.5 Å². The summed E-state index contributed by atoms with van der Waals surface area (Å²) in [6.07, 6.45) is 2.96. The lowest BCUT2D eigenvalue weighted by molar-refractivity contribution is 0.381. The SMILES string of the molecule is Fc1c(F)c(F)c(-c2c3cc(c(-c4c(F)c(F)c(F)c(F)c4F)c4ccc([nH]4)c(-c4ccccc4)c4nc(c(-c5c(F)c(F)c(F)c(F)c5F)c5ccc2[nH]5)C=C4)N=C3)c(F)c1F. The fourth-order valence-electron chi connectivity index (χ4n) is 7.40. The topological polar surface area (TPSA) is 56.8 Å². The average molecular weight is 885 g/mol. The molecule has 0 amide bonds. The van der Waals surface area contributed by atoms with Gasteiger partial charge in [0.1, 0.15) is 0 Å². The van der Waals surface area contributed by atoms with Crippen molar-refractivity contribution < 1.29 is 65.9 Å². The van der Waals surface area contributed by atoms with Crippen LogP contribution in [-0.4, -0.2) is 21.2 Å². The van der Waals surface area contributed by atoms with E-state index in [-0.39, 0.29) is 16.8 Å². The van der Waals surface area contributed by atoms with Crippen LogP contribution in [0.1, 0.15) is 17.0 Å². The van der Waals surface area contributed by atoms with Crippen molar-refractivity contribution in [1.82, 2.24) is 15.0 Å². The molecular formula is C44H15F15N4. The molecule has 0 radical (unpaired) electrons. The number of fused-ring (bicyclic) bond motifs is 8. The molecule has 4 nitrogen and oxygen atoms in total. The second-order valence-corrected chi connectivity index (χ2v) is 13.7. The molecular weight excluding hydrogens is 869 g/mol. The minimum absolute atomic E-state index is 0.0327. The molecule has 7 aromatic rings. The quantitative estimate of drug-likeness (QED) is 0.103. The highest BCUT2D eigenvalue weighted by atomic mass is 19.2. The van der Waals surface area contributed by atoms with Gasteiger partial charge in [-0.25, -0.2) is 70.8 Å². The fourth-order valence-corrected chi connectivity index (χ4v) is 7.40. The van der Waals surface area contributed by atoms with E-state index in [1.807, 2.05) is 0 Å². The minimum Gasteiger partial charge on any atom is -0.354 e. The van der Waals surface area contributed by atoms with Gasteiger partial charge in [-0.1, -0.05) is 30.3 Å². The van der Waals surface area contributed by atoms with Crippen molar-refractivity contribution in [1.29, 1.82) is 0 Å². The third kappa shape index (κ3) is 6.11. The standard InChI is InChI=1S/C44H15F15N4/c45-30-27(31(46)37(52)42(57)36(30)51)24-15-12-22(60-13-15)26(29-34(49)40(55)44(59)41(56)35(29)50)21-10-7-17(62-21)23(14-4-2-1-3-5-14)16-6-9-19(61-16)25(20-11-8-18(24)63-20)28-32(47)38(53)43(58)39(54)33(28)48/h1-13,62-63H. The average Bonchev–Trinajstić information content (AvgIpc) is 4.14. The van der Waals surface area contributed by atoms with E-state index < -0.39 is 154 Å². The number of hydrogen-bond donors (Lipinski definition) is 2. The highest BCUT2D eigenvalue weighted by Crippen LogP contribution is 2.45. The van der Waals surface area contributed by atoms with Crippen LogP contribution in [0.15, 0.2) is 65.7 Å². The van der Waals surface area contributed by atoms with Gasteiger partial charge in [0, 0.05) is 56.1 Å². The summed E-state index contributed by atoms with van der Waals surface area (Å²) in [6.45, 7) is 0. The Morgan fingerprint density at radius 1 is 0.333 bits per heavy atom. The summed E-state index contributed by atoms with van der Waals surface area (Å²) >= 11 is 0. The Morgan fingerprint density at radius 3 is 1.14 bits per heavy atom. The molecule has 2 aliphatic heterocycles. The molecule has 0 spiro atoms. The molecule has 316 valence electrons. The van der Waals surface area contributed by atoms with Gasteiger partial charge >= 0.3 is 0 Å². The Bertz CT molecular complexity index is 3250. The maximum atomic E-state index is 15.8. The van der Waals surface area contributed by atoms with E-state index >= 15 is 26.3 Å². The van der Waals surface area contributed by atoms with Crippen molar-refractivity contribution in [2.24, 2.45) is 4.99 Å². The molecule has 0 unspecified atom stereocenters. The van der Waals surface area contributed by atoms with Crippen molar-refractivity contribution in [3.05, 3.63) is 165 Å². The molecule has 0 fully saturated rings. The number of halogens is 15. The molecule has 2 N–H and O–H groups in total. The Hall–Kier alpha value is -7.57. The van der Waals surface area contributed by atoms with Crippen LogP contribution in [0.2, 0.25) is 0 Å². The van der Waals surface area contributed by atoms with E-state index in [9.17, 15) is 39.5 Å². The predicted octanol–water partition coefficient (Wildman–Crippen LogP) is 13.6. The van der Waals surface area contributed by atoms with Gasteiger partial charge in [-0.2, -0.15) is 0 Å². The fraction of sp³-hybridized carbons (Fsp3) is 0. The molecule has 5 heterocycles. The molecule has 0 atom stereocenters. The van der Waals surface area contributed by atoms with Gasteiger partial charge in [0.15, 0.2) is 69.8 Å². The van der Waals surface area contributed by atoms with Crippen LogP contribution in [-0.2, 0) is 0 Å². The molecule has 63 heavy (non-hydrogen) atoms. The van der Waals surface area contributed by atoms with E-state index in [1.54, 1.807) is 18.2 Å². The van der Waals surface area contributed by atoms with E-state index in [0.717, 1.165) is 30.3 Å².